The number of pyridine rings is 1. The molecule has 0 aliphatic carbocycles. The molecule has 17 heavy (non-hydrogen) atoms. The Morgan fingerprint density at radius 1 is 1.41 bits per heavy atom. The largest absolute Gasteiger partial charge is 0.397 e. The van der Waals surface area contributed by atoms with Crippen molar-refractivity contribution in [1.29, 1.82) is 0 Å². The van der Waals surface area contributed by atoms with E-state index in [9.17, 15) is 0 Å². The lowest BCUT2D eigenvalue weighted by molar-refractivity contribution is 0.585. The average molecular weight is 228 g/mol. The minimum Gasteiger partial charge on any atom is -0.397 e. The number of aromatic amines is 1. The number of nitrogens with zero attached hydrogens (tertiary/aromatic N) is 4. The summed E-state index contributed by atoms with van der Waals surface area (Å²) in [6, 6.07) is 1.85. The fourth-order valence-corrected chi connectivity index (χ4v) is 1.93. The van der Waals surface area contributed by atoms with Crippen molar-refractivity contribution in [3.05, 3.63) is 36.4 Å². The Labute approximate surface area is 97.5 Å². The number of fused-ring (bicyclic) bond motifs is 1. The molecule has 0 amide bonds. The first-order valence-electron chi connectivity index (χ1n) is 5.34. The van der Waals surface area contributed by atoms with Gasteiger partial charge in [-0.2, -0.15) is 10.2 Å². The summed E-state index contributed by atoms with van der Waals surface area (Å²) in [6.07, 6.45) is 7.05. The predicted molar refractivity (Wildman–Crippen MR) is 64.3 cm³/mol. The van der Waals surface area contributed by atoms with E-state index in [4.69, 9.17) is 5.73 Å². The highest BCUT2D eigenvalue weighted by Gasteiger charge is 2.14. The summed E-state index contributed by atoms with van der Waals surface area (Å²) in [5.74, 6) is 0. The molecule has 6 nitrogen and oxygen atoms in total. The lowest BCUT2D eigenvalue weighted by Gasteiger charge is -2.12. The number of nitrogens with one attached hydrogen (secondary N) is 1. The molecule has 0 fully saturated rings. The Hall–Kier alpha value is -2.37. The number of hydrogen-bond acceptors (Lipinski definition) is 4. The number of anilines is 1. The number of H-pyrrole nitrogens is 1. The summed E-state index contributed by atoms with van der Waals surface area (Å²) in [5.41, 5.74) is 9.37. The number of aromatic nitrogens is 5. The molecule has 0 spiro atoms. The van der Waals surface area contributed by atoms with E-state index in [0.29, 0.717) is 5.69 Å². The van der Waals surface area contributed by atoms with Crippen LogP contribution in [0.1, 0.15) is 18.5 Å². The first kappa shape index (κ1) is 9.83. The molecule has 3 N–H and O–H groups in total. The summed E-state index contributed by atoms with van der Waals surface area (Å²) in [5, 5.41) is 11.1. The molecule has 1 unspecified atom stereocenters. The van der Waals surface area contributed by atoms with Gasteiger partial charge in [-0.3, -0.25) is 14.8 Å². The second-order valence-corrected chi connectivity index (χ2v) is 3.93. The van der Waals surface area contributed by atoms with Gasteiger partial charge in [0.05, 0.1) is 24.1 Å². The molecule has 0 aliphatic heterocycles. The van der Waals surface area contributed by atoms with Crippen molar-refractivity contribution in [3.63, 3.8) is 0 Å². The van der Waals surface area contributed by atoms with Crippen LogP contribution in [0.15, 0.2) is 30.9 Å². The molecule has 0 saturated carbocycles. The van der Waals surface area contributed by atoms with Crippen molar-refractivity contribution >= 4 is 16.7 Å². The van der Waals surface area contributed by atoms with Gasteiger partial charge in [-0.1, -0.05) is 0 Å². The maximum Gasteiger partial charge on any atom is 0.110 e. The van der Waals surface area contributed by atoms with Gasteiger partial charge >= 0.3 is 0 Å². The van der Waals surface area contributed by atoms with Crippen LogP contribution in [0, 0.1) is 0 Å². The number of nitrogen functional groups attached to an aromatic ring is 1. The molecular weight excluding hydrogens is 216 g/mol. The molecule has 1 atom stereocenters. The molecule has 0 saturated heterocycles. The lowest BCUT2D eigenvalue weighted by atomic mass is 10.2. The van der Waals surface area contributed by atoms with Gasteiger partial charge in [-0.15, -0.1) is 0 Å². The van der Waals surface area contributed by atoms with Gasteiger partial charge < -0.3 is 5.73 Å². The van der Waals surface area contributed by atoms with E-state index in [0.717, 1.165) is 16.6 Å². The van der Waals surface area contributed by atoms with E-state index in [2.05, 4.69) is 20.3 Å². The molecular formula is C11H12N6. The Morgan fingerprint density at radius 2 is 2.29 bits per heavy atom. The van der Waals surface area contributed by atoms with Gasteiger partial charge in [0, 0.05) is 18.0 Å². The van der Waals surface area contributed by atoms with E-state index >= 15 is 0 Å². The van der Waals surface area contributed by atoms with Gasteiger partial charge in [0.2, 0.25) is 0 Å². The molecule has 0 aromatic carbocycles. The first-order chi connectivity index (χ1) is 8.27. The highest BCUT2D eigenvalue weighted by atomic mass is 15.3. The molecule has 0 bridgehead atoms. The van der Waals surface area contributed by atoms with Crippen molar-refractivity contribution in [2.45, 2.75) is 13.0 Å². The van der Waals surface area contributed by atoms with E-state index in [1.807, 2.05) is 17.8 Å². The average Bonchev–Trinajstić information content (AvgIpc) is 2.98. The van der Waals surface area contributed by atoms with E-state index in [1.54, 1.807) is 24.7 Å². The van der Waals surface area contributed by atoms with Crippen LogP contribution in [0.5, 0.6) is 0 Å². The monoisotopic (exact) mass is 228 g/mol. The molecule has 0 radical (unpaired) electrons. The van der Waals surface area contributed by atoms with E-state index in [1.165, 1.54) is 0 Å². The molecule has 6 heteroatoms. The highest BCUT2D eigenvalue weighted by Crippen LogP contribution is 2.24. The molecule has 3 aromatic heterocycles. The topological polar surface area (TPSA) is 85.4 Å². The molecule has 0 aliphatic rings. The van der Waals surface area contributed by atoms with Gasteiger partial charge in [-0.25, -0.2) is 0 Å². The van der Waals surface area contributed by atoms with Gasteiger partial charge in [0.25, 0.3) is 0 Å². The second kappa shape index (κ2) is 3.58. The van der Waals surface area contributed by atoms with E-state index in [-0.39, 0.29) is 6.04 Å². The minimum absolute atomic E-state index is 0.0674. The predicted octanol–water partition coefficient (Wildman–Crippen LogP) is 1.35. The summed E-state index contributed by atoms with van der Waals surface area (Å²) < 4.78 is 1.86. The van der Waals surface area contributed by atoms with Crippen molar-refractivity contribution in [1.82, 2.24) is 25.0 Å². The fourth-order valence-electron chi connectivity index (χ4n) is 1.93. The smallest absolute Gasteiger partial charge is 0.110 e. The normalized spacial score (nSPS) is 13.0. The molecule has 3 heterocycles. The SMILES string of the molecule is CC(c1cn[nH]c1)n1ncc2nccc(N)c21. The van der Waals surface area contributed by atoms with Crippen molar-refractivity contribution < 1.29 is 0 Å². The van der Waals surface area contributed by atoms with Gasteiger partial charge in [0.1, 0.15) is 11.0 Å². The third-order valence-electron chi connectivity index (χ3n) is 2.89. The quantitative estimate of drug-likeness (QED) is 0.693. The Balaban J connectivity index is 2.18. The summed E-state index contributed by atoms with van der Waals surface area (Å²) >= 11 is 0. The summed E-state index contributed by atoms with van der Waals surface area (Å²) in [6.45, 7) is 2.05. The third-order valence-corrected chi connectivity index (χ3v) is 2.89. The number of hydrogen-bond donors (Lipinski definition) is 2. The standard InChI is InChI=1S/C11H12N6/c1-7(8-4-14-15-5-8)17-11-9(12)2-3-13-10(11)6-16-17/h2-7H,1H3,(H2,12,13)(H,14,15). The zero-order chi connectivity index (χ0) is 11.8. The maximum absolute atomic E-state index is 5.97. The van der Waals surface area contributed by atoms with Crippen LogP contribution in [-0.4, -0.2) is 25.0 Å². The minimum atomic E-state index is 0.0674. The lowest BCUT2D eigenvalue weighted by Crippen LogP contribution is -2.08. The summed E-state index contributed by atoms with van der Waals surface area (Å²) in [4.78, 5) is 4.24. The Kier molecular flexibility index (Phi) is 2.07. The maximum atomic E-state index is 5.97. The van der Waals surface area contributed by atoms with Crippen LogP contribution < -0.4 is 5.73 Å². The molecule has 86 valence electrons. The highest BCUT2D eigenvalue weighted by molar-refractivity contribution is 5.86. The van der Waals surface area contributed by atoms with Crippen molar-refractivity contribution in [3.8, 4) is 0 Å². The van der Waals surface area contributed by atoms with Crippen LogP contribution in [0.25, 0.3) is 11.0 Å². The van der Waals surface area contributed by atoms with Crippen LogP contribution in [0.4, 0.5) is 5.69 Å². The zero-order valence-electron chi connectivity index (χ0n) is 9.33. The van der Waals surface area contributed by atoms with Crippen molar-refractivity contribution in [2.75, 3.05) is 5.73 Å². The number of rotatable bonds is 2. The van der Waals surface area contributed by atoms with Gasteiger partial charge in [0.15, 0.2) is 0 Å². The van der Waals surface area contributed by atoms with Crippen LogP contribution in [-0.2, 0) is 0 Å². The fraction of sp³-hybridized carbons (Fsp3) is 0.182. The second-order valence-electron chi connectivity index (χ2n) is 3.93. The van der Waals surface area contributed by atoms with E-state index < -0.39 is 0 Å². The van der Waals surface area contributed by atoms with Crippen LogP contribution in [0.3, 0.4) is 0 Å². The number of nitrogens with two attached hydrogens (primary N) is 1. The zero-order valence-corrected chi connectivity index (χ0v) is 9.33. The molecule has 3 rings (SSSR count). The van der Waals surface area contributed by atoms with Gasteiger partial charge in [-0.05, 0) is 13.0 Å². The Morgan fingerprint density at radius 3 is 3.06 bits per heavy atom. The van der Waals surface area contributed by atoms with Crippen molar-refractivity contribution in [2.24, 2.45) is 0 Å². The summed E-state index contributed by atoms with van der Waals surface area (Å²) in [7, 11) is 0. The Bertz CT molecular complexity index is 639. The third kappa shape index (κ3) is 1.45. The van der Waals surface area contributed by atoms with Crippen LogP contribution >= 0.6 is 0 Å². The first-order valence-corrected chi connectivity index (χ1v) is 5.34. The molecule has 3 aromatic rings. The van der Waals surface area contributed by atoms with Crippen LogP contribution in [0.2, 0.25) is 0 Å².